The van der Waals surface area contributed by atoms with Crippen LogP contribution in [0.15, 0.2) is 18.3 Å². The van der Waals surface area contributed by atoms with E-state index in [4.69, 9.17) is 5.73 Å². The quantitative estimate of drug-likeness (QED) is 0.900. The molecule has 1 saturated heterocycles. The average molecular weight is 288 g/mol. The fourth-order valence-electron chi connectivity index (χ4n) is 3.09. The molecule has 1 unspecified atom stereocenters. The number of nitrogens with zero attached hydrogens (tertiary/aromatic N) is 3. The molecule has 1 aliphatic heterocycles. The monoisotopic (exact) mass is 288 g/mol. The number of nitrogen functional groups attached to an aromatic ring is 1. The molecule has 0 radical (unpaired) electrons. The van der Waals surface area contributed by atoms with Gasteiger partial charge in [0.15, 0.2) is 5.69 Å². The van der Waals surface area contributed by atoms with E-state index in [1.54, 1.807) is 6.07 Å². The van der Waals surface area contributed by atoms with Crippen LogP contribution in [-0.2, 0) is 0 Å². The summed E-state index contributed by atoms with van der Waals surface area (Å²) in [7, 11) is 0. The molecule has 1 fully saturated rings. The molecule has 0 aromatic carbocycles. The van der Waals surface area contributed by atoms with Crippen molar-refractivity contribution in [3.63, 3.8) is 0 Å². The van der Waals surface area contributed by atoms with Gasteiger partial charge in [-0.15, -0.1) is 0 Å². The highest BCUT2D eigenvalue weighted by Gasteiger charge is 2.30. The Bertz CT molecular complexity index is 692. The molecule has 3 N–H and O–H groups in total. The second-order valence-electron chi connectivity index (χ2n) is 5.88. The van der Waals surface area contributed by atoms with Gasteiger partial charge in [-0.3, -0.25) is 0 Å². The Labute approximate surface area is 123 Å². The lowest BCUT2D eigenvalue weighted by atomic mass is 10.1. The number of imidazole rings is 1. The lowest BCUT2D eigenvalue weighted by Gasteiger charge is -2.19. The van der Waals surface area contributed by atoms with Crippen LogP contribution in [0.4, 0.5) is 5.69 Å². The van der Waals surface area contributed by atoms with Crippen LogP contribution in [0.3, 0.4) is 0 Å². The Morgan fingerprint density at radius 1 is 1.52 bits per heavy atom. The summed E-state index contributed by atoms with van der Waals surface area (Å²) in [5.41, 5.74) is 6.95. The second kappa shape index (κ2) is 5.04. The molecule has 1 aliphatic rings. The van der Waals surface area contributed by atoms with Crippen molar-refractivity contribution in [3.05, 3.63) is 29.8 Å². The lowest BCUT2D eigenvalue weighted by Crippen LogP contribution is -2.28. The maximum atomic E-state index is 11.4. The molecule has 0 bridgehead atoms. The zero-order valence-electron chi connectivity index (χ0n) is 12.3. The van der Waals surface area contributed by atoms with Gasteiger partial charge in [0.05, 0.1) is 5.69 Å². The zero-order valence-corrected chi connectivity index (χ0v) is 12.3. The van der Waals surface area contributed by atoms with Crippen LogP contribution in [-0.4, -0.2) is 44.5 Å². The van der Waals surface area contributed by atoms with E-state index in [2.05, 4.69) is 23.7 Å². The molecule has 0 saturated carbocycles. The molecule has 6 nitrogen and oxygen atoms in total. The summed E-state index contributed by atoms with van der Waals surface area (Å²) in [5.74, 6) is 0.0167. The number of likely N-dealkylation sites (tertiary alicyclic amines) is 1. The van der Waals surface area contributed by atoms with Crippen molar-refractivity contribution in [2.75, 3.05) is 18.8 Å². The number of rotatable bonds is 3. The number of anilines is 1. The Morgan fingerprint density at radius 3 is 2.90 bits per heavy atom. The third-order valence-electron chi connectivity index (χ3n) is 4.24. The molecule has 3 rings (SSSR count). The Kier molecular flexibility index (Phi) is 3.33. The molecule has 2 aromatic rings. The average Bonchev–Trinajstić information content (AvgIpc) is 3.02. The molecule has 0 amide bonds. The number of aromatic nitrogens is 2. The van der Waals surface area contributed by atoms with E-state index in [1.165, 1.54) is 0 Å². The summed E-state index contributed by atoms with van der Waals surface area (Å²) in [5, 5.41) is 9.36. The first-order valence-corrected chi connectivity index (χ1v) is 7.22. The number of hydrogen-bond acceptors (Lipinski definition) is 4. The van der Waals surface area contributed by atoms with Gasteiger partial charge in [-0.2, -0.15) is 0 Å². The van der Waals surface area contributed by atoms with Crippen molar-refractivity contribution < 1.29 is 9.90 Å². The van der Waals surface area contributed by atoms with Crippen LogP contribution in [0.25, 0.3) is 5.52 Å². The largest absolute Gasteiger partial charge is 0.476 e. The van der Waals surface area contributed by atoms with Crippen LogP contribution < -0.4 is 5.73 Å². The van der Waals surface area contributed by atoms with Gasteiger partial charge in [-0.1, -0.05) is 0 Å². The lowest BCUT2D eigenvalue weighted by molar-refractivity contribution is 0.0693. The SMILES string of the molecule is CC(C)N1CCC(c2nc(C(=O)O)c3c(N)cccn23)C1. The van der Waals surface area contributed by atoms with E-state index in [1.807, 2.05) is 16.7 Å². The number of hydrogen-bond donors (Lipinski definition) is 2. The minimum absolute atomic E-state index is 0.0473. The standard InChI is InChI=1S/C15H20N4O2/c1-9(2)18-7-5-10(8-18)14-17-12(15(20)21)13-11(16)4-3-6-19(13)14/h3-4,6,9-10H,5,7-8,16H2,1-2H3,(H,20,21). The highest BCUT2D eigenvalue weighted by atomic mass is 16.4. The summed E-state index contributed by atoms with van der Waals surface area (Å²) in [6.45, 7) is 6.27. The summed E-state index contributed by atoms with van der Waals surface area (Å²) in [4.78, 5) is 18.2. The van der Waals surface area contributed by atoms with Crippen molar-refractivity contribution in [3.8, 4) is 0 Å². The fourth-order valence-corrected chi connectivity index (χ4v) is 3.09. The Balaban J connectivity index is 2.08. The van der Waals surface area contributed by atoms with Crippen molar-refractivity contribution in [1.82, 2.24) is 14.3 Å². The number of aromatic carboxylic acids is 1. The molecule has 2 aromatic heterocycles. The molecule has 112 valence electrons. The van der Waals surface area contributed by atoms with Crippen molar-refractivity contribution in [1.29, 1.82) is 0 Å². The summed E-state index contributed by atoms with van der Waals surface area (Å²) < 4.78 is 1.84. The van der Waals surface area contributed by atoms with E-state index < -0.39 is 5.97 Å². The highest BCUT2D eigenvalue weighted by molar-refractivity contribution is 5.97. The van der Waals surface area contributed by atoms with E-state index in [9.17, 15) is 9.90 Å². The van der Waals surface area contributed by atoms with Crippen LogP contribution in [0.1, 0.15) is 42.5 Å². The van der Waals surface area contributed by atoms with E-state index in [-0.39, 0.29) is 11.6 Å². The maximum Gasteiger partial charge on any atom is 0.356 e. The second-order valence-corrected chi connectivity index (χ2v) is 5.88. The van der Waals surface area contributed by atoms with Gasteiger partial charge in [0.25, 0.3) is 0 Å². The predicted octanol–water partition coefficient (Wildman–Crippen LogP) is 1.81. The molecule has 6 heteroatoms. The molecular weight excluding hydrogens is 268 g/mol. The topological polar surface area (TPSA) is 83.9 Å². The first-order valence-electron chi connectivity index (χ1n) is 7.22. The van der Waals surface area contributed by atoms with Crippen molar-refractivity contribution in [2.24, 2.45) is 0 Å². The van der Waals surface area contributed by atoms with Crippen molar-refractivity contribution in [2.45, 2.75) is 32.2 Å². The van der Waals surface area contributed by atoms with E-state index >= 15 is 0 Å². The summed E-state index contributed by atoms with van der Waals surface area (Å²) in [6, 6.07) is 4.03. The smallest absolute Gasteiger partial charge is 0.356 e. The number of pyridine rings is 1. The van der Waals surface area contributed by atoms with E-state index in [0.29, 0.717) is 17.2 Å². The third-order valence-corrected chi connectivity index (χ3v) is 4.24. The molecule has 0 spiro atoms. The number of carboxylic acid groups (broad SMARTS) is 1. The van der Waals surface area contributed by atoms with E-state index in [0.717, 1.165) is 25.3 Å². The number of carboxylic acids is 1. The van der Waals surface area contributed by atoms with Crippen LogP contribution in [0.5, 0.6) is 0 Å². The summed E-state index contributed by atoms with van der Waals surface area (Å²) >= 11 is 0. The third kappa shape index (κ3) is 2.25. The first-order chi connectivity index (χ1) is 9.99. The number of nitrogens with two attached hydrogens (primary N) is 1. The number of carbonyl (C=O) groups is 1. The van der Waals surface area contributed by atoms with Gasteiger partial charge >= 0.3 is 5.97 Å². The van der Waals surface area contributed by atoms with Gasteiger partial charge in [0.1, 0.15) is 11.3 Å². The Morgan fingerprint density at radius 2 is 2.29 bits per heavy atom. The van der Waals surface area contributed by atoms with Gasteiger partial charge in [0.2, 0.25) is 0 Å². The minimum Gasteiger partial charge on any atom is -0.476 e. The van der Waals surface area contributed by atoms with Crippen molar-refractivity contribution >= 4 is 17.2 Å². The summed E-state index contributed by atoms with van der Waals surface area (Å²) in [6.07, 6.45) is 2.84. The minimum atomic E-state index is -1.03. The Hall–Kier alpha value is -2.08. The zero-order chi connectivity index (χ0) is 15.1. The maximum absolute atomic E-state index is 11.4. The molecule has 21 heavy (non-hydrogen) atoms. The first kappa shape index (κ1) is 13.9. The van der Waals surface area contributed by atoms with Gasteiger partial charge in [0, 0.05) is 24.7 Å². The molecular formula is C15H20N4O2. The van der Waals surface area contributed by atoms with Gasteiger partial charge in [-0.25, -0.2) is 9.78 Å². The number of fused-ring (bicyclic) bond motifs is 1. The molecule has 1 atom stereocenters. The van der Waals surface area contributed by atoms with Gasteiger partial charge < -0.3 is 20.1 Å². The fraction of sp³-hybridized carbons (Fsp3) is 0.467. The highest BCUT2D eigenvalue weighted by Crippen LogP contribution is 2.30. The normalized spacial score (nSPS) is 19.7. The molecule has 3 heterocycles. The molecule has 0 aliphatic carbocycles. The van der Waals surface area contributed by atoms with Crippen LogP contribution >= 0.6 is 0 Å². The van der Waals surface area contributed by atoms with Crippen LogP contribution in [0.2, 0.25) is 0 Å². The van der Waals surface area contributed by atoms with Crippen LogP contribution in [0, 0.1) is 0 Å². The van der Waals surface area contributed by atoms with Gasteiger partial charge in [-0.05, 0) is 38.9 Å². The predicted molar refractivity (Wildman–Crippen MR) is 80.6 cm³/mol.